The smallest absolute Gasteiger partial charge is 0.194 e. The fourth-order valence-electron chi connectivity index (χ4n) is 2.98. The summed E-state index contributed by atoms with van der Waals surface area (Å²) in [5, 5.41) is 13.9. The normalized spacial score (nSPS) is 11.9. The van der Waals surface area contributed by atoms with Crippen LogP contribution in [0, 0.1) is 0 Å². The van der Waals surface area contributed by atoms with Gasteiger partial charge in [-0.15, -0.1) is 24.0 Å². The van der Waals surface area contributed by atoms with Crippen LogP contribution in [0.1, 0.15) is 31.1 Å². The second-order valence-corrected chi connectivity index (χ2v) is 6.79. The molecule has 0 aliphatic rings. The van der Waals surface area contributed by atoms with Crippen molar-refractivity contribution < 1.29 is 19.3 Å². The number of guanidine groups is 1. The van der Waals surface area contributed by atoms with Crippen molar-refractivity contribution in [3.63, 3.8) is 0 Å². The van der Waals surface area contributed by atoms with Crippen LogP contribution in [0.25, 0.3) is 0 Å². The molecule has 1 atom stereocenters. The monoisotopic (exact) mass is 543 g/mol. The van der Waals surface area contributed by atoms with E-state index in [1.807, 2.05) is 50.1 Å². The molecule has 0 aliphatic heterocycles. The Morgan fingerprint density at radius 2 is 1.65 bits per heavy atom. The number of rotatable bonds is 10. The van der Waals surface area contributed by atoms with Crippen LogP contribution in [0.5, 0.6) is 17.2 Å². The Morgan fingerprint density at radius 1 is 1.03 bits per heavy atom. The van der Waals surface area contributed by atoms with Crippen LogP contribution in [0.15, 0.2) is 47.5 Å². The Morgan fingerprint density at radius 3 is 2.16 bits per heavy atom. The highest BCUT2D eigenvalue weighted by atomic mass is 127. The van der Waals surface area contributed by atoms with Gasteiger partial charge >= 0.3 is 0 Å². The van der Waals surface area contributed by atoms with Gasteiger partial charge in [-0.2, -0.15) is 0 Å². The number of methoxy groups -OCH3 is 2. The van der Waals surface area contributed by atoms with E-state index in [0.717, 1.165) is 23.8 Å². The molecule has 8 heteroatoms. The minimum atomic E-state index is -0.776. The summed E-state index contributed by atoms with van der Waals surface area (Å²) in [4.78, 5) is 6.64. The minimum Gasteiger partial charge on any atom is -0.497 e. The van der Waals surface area contributed by atoms with E-state index in [9.17, 15) is 5.11 Å². The van der Waals surface area contributed by atoms with Gasteiger partial charge in [0.15, 0.2) is 5.96 Å². The topological polar surface area (TPSA) is 75.6 Å². The Balaban J connectivity index is 0.00000480. The zero-order valence-corrected chi connectivity index (χ0v) is 21.3. The van der Waals surface area contributed by atoms with Gasteiger partial charge in [0.05, 0.1) is 33.5 Å². The third-order valence-electron chi connectivity index (χ3n) is 4.52. The average Bonchev–Trinajstić information content (AvgIpc) is 2.77. The molecule has 31 heavy (non-hydrogen) atoms. The summed E-state index contributed by atoms with van der Waals surface area (Å²) >= 11 is 0. The van der Waals surface area contributed by atoms with Crippen LogP contribution in [0.2, 0.25) is 0 Å². The first-order chi connectivity index (χ1) is 14.5. The predicted octanol–water partition coefficient (Wildman–Crippen LogP) is 3.85. The van der Waals surface area contributed by atoms with Crippen molar-refractivity contribution >= 4 is 29.9 Å². The lowest BCUT2D eigenvalue weighted by molar-refractivity contribution is 0.185. The molecule has 7 nitrogen and oxygen atoms in total. The van der Waals surface area contributed by atoms with Gasteiger partial charge in [0.2, 0.25) is 0 Å². The Labute approximate surface area is 202 Å². The van der Waals surface area contributed by atoms with Crippen LogP contribution in [0.4, 0.5) is 0 Å². The molecule has 0 bridgehead atoms. The van der Waals surface area contributed by atoms with Crippen LogP contribution in [0.3, 0.4) is 0 Å². The van der Waals surface area contributed by atoms with Crippen molar-refractivity contribution in [2.75, 3.05) is 41.0 Å². The van der Waals surface area contributed by atoms with E-state index in [2.05, 4.69) is 10.3 Å². The SMILES string of the molecule is CCNC(=NCC(O)c1cc(OC)cc(OC)c1)N(C)Cc1ccc(OCC)cc1.I. The van der Waals surface area contributed by atoms with Gasteiger partial charge in [0, 0.05) is 26.2 Å². The quantitative estimate of drug-likeness (QED) is 0.270. The van der Waals surface area contributed by atoms with Crippen LogP contribution in [-0.2, 0) is 6.54 Å². The number of aliphatic imine (C=N–C) groups is 1. The molecule has 0 saturated heterocycles. The highest BCUT2D eigenvalue weighted by Gasteiger charge is 2.13. The fraction of sp³-hybridized carbons (Fsp3) is 0.435. The van der Waals surface area contributed by atoms with E-state index in [-0.39, 0.29) is 30.5 Å². The second-order valence-electron chi connectivity index (χ2n) is 6.79. The van der Waals surface area contributed by atoms with Gasteiger partial charge < -0.3 is 29.5 Å². The summed E-state index contributed by atoms with van der Waals surface area (Å²) in [6, 6.07) is 13.4. The molecule has 2 rings (SSSR count). The molecule has 0 fully saturated rings. The number of hydrogen-bond acceptors (Lipinski definition) is 5. The third-order valence-corrected chi connectivity index (χ3v) is 4.52. The summed E-state index contributed by atoms with van der Waals surface area (Å²) < 4.78 is 16.1. The fourth-order valence-corrected chi connectivity index (χ4v) is 2.98. The predicted molar refractivity (Wildman–Crippen MR) is 135 cm³/mol. The van der Waals surface area contributed by atoms with Gasteiger partial charge in [0.1, 0.15) is 17.2 Å². The number of benzene rings is 2. The van der Waals surface area contributed by atoms with Crippen molar-refractivity contribution in [2.24, 2.45) is 4.99 Å². The first-order valence-electron chi connectivity index (χ1n) is 10.1. The molecule has 0 radical (unpaired) electrons. The molecule has 1 unspecified atom stereocenters. The van der Waals surface area contributed by atoms with E-state index >= 15 is 0 Å². The maximum absolute atomic E-state index is 10.7. The first kappa shape index (κ1) is 26.8. The van der Waals surface area contributed by atoms with Crippen molar-refractivity contribution in [3.8, 4) is 17.2 Å². The zero-order chi connectivity index (χ0) is 21.9. The zero-order valence-electron chi connectivity index (χ0n) is 18.9. The van der Waals surface area contributed by atoms with Crippen molar-refractivity contribution in [3.05, 3.63) is 53.6 Å². The number of nitrogens with zero attached hydrogens (tertiary/aromatic N) is 2. The van der Waals surface area contributed by atoms with Crippen LogP contribution >= 0.6 is 24.0 Å². The molecular formula is C23H34IN3O4. The standard InChI is InChI=1S/C23H33N3O4.HI/c1-6-24-23(26(3)16-17-8-10-19(11-9-17)30-7-2)25-15-22(27)18-12-20(28-4)14-21(13-18)29-5;/h8-14,22,27H,6-7,15-16H2,1-5H3,(H,24,25);1H. The van der Waals surface area contributed by atoms with E-state index in [0.29, 0.717) is 30.2 Å². The van der Waals surface area contributed by atoms with Crippen molar-refractivity contribution in [1.82, 2.24) is 10.2 Å². The van der Waals surface area contributed by atoms with Gasteiger partial charge in [-0.05, 0) is 49.2 Å². The summed E-state index contributed by atoms with van der Waals surface area (Å²) in [7, 11) is 5.14. The Kier molecular flexibility index (Phi) is 12.1. The minimum absolute atomic E-state index is 0. The van der Waals surface area contributed by atoms with Gasteiger partial charge in [-0.25, -0.2) is 0 Å². The molecular weight excluding hydrogens is 509 g/mol. The van der Waals surface area contributed by atoms with E-state index < -0.39 is 6.10 Å². The molecule has 0 saturated carbocycles. The van der Waals surface area contributed by atoms with Gasteiger partial charge in [-0.3, -0.25) is 4.99 Å². The lowest BCUT2D eigenvalue weighted by Gasteiger charge is -2.23. The highest BCUT2D eigenvalue weighted by Crippen LogP contribution is 2.26. The number of aliphatic hydroxyl groups is 1. The lowest BCUT2D eigenvalue weighted by Crippen LogP contribution is -2.38. The lowest BCUT2D eigenvalue weighted by atomic mass is 10.1. The van der Waals surface area contributed by atoms with E-state index in [4.69, 9.17) is 14.2 Å². The summed E-state index contributed by atoms with van der Waals surface area (Å²) in [6.45, 7) is 6.27. The first-order valence-corrected chi connectivity index (χ1v) is 10.1. The molecule has 2 aromatic rings. The number of halogens is 1. The molecule has 2 aromatic carbocycles. The Bertz CT molecular complexity index is 793. The number of ether oxygens (including phenoxy) is 3. The largest absolute Gasteiger partial charge is 0.497 e. The van der Waals surface area contributed by atoms with E-state index in [1.54, 1.807) is 32.4 Å². The van der Waals surface area contributed by atoms with E-state index in [1.165, 1.54) is 0 Å². The summed E-state index contributed by atoms with van der Waals surface area (Å²) in [6.07, 6.45) is -0.776. The number of hydrogen-bond donors (Lipinski definition) is 2. The molecule has 0 aromatic heterocycles. The van der Waals surface area contributed by atoms with Gasteiger partial charge in [0.25, 0.3) is 0 Å². The highest BCUT2D eigenvalue weighted by molar-refractivity contribution is 14.0. The molecule has 172 valence electrons. The maximum Gasteiger partial charge on any atom is 0.194 e. The number of aliphatic hydroxyl groups excluding tert-OH is 1. The van der Waals surface area contributed by atoms with Crippen LogP contribution < -0.4 is 19.5 Å². The second kappa shape index (κ2) is 14.0. The Hall–Kier alpha value is -2.20. The van der Waals surface area contributed by atoms with Crippen molar-refractivity contribution in [2.45, 2.75) is 26.5 Å². The molecule has 0 amide bonds. The van der Waals surface area contributed by atoms with Crippen LogP contribution in [-0.4, -0.2) is 56.9 Å². The molecule has 0 heterocycles. The summed E-state index contributed by atoms with van der Waals surface area (Å²) in [5.74, 6) is 2.85. The molecule has 2 N–H and O–H groups in total. The molecule has 0 aliphatic carbocycles. The maximum atomic E-state index is 10.7. The molecule has 0 spiro atoms. The van der Waals surface area contributed by atoms with Crippen molar-refractivity contribution in [1.29, 1.82) is 0 Å². The average molecular weight is 543 g/mol. The number of nitrogens with one attached hydrogen (secondary N) is 1. The third kappa shape index (κ3) is 8.45. The van der Waals surface area contributed by atoms with Gasteiger partial charge in [-0.1, -0.05) is 12.1 Å². The summed E-state index contributed by atoms with van der Waals surface area (Å²) in [5.41, 5.74) is 1.84.